The van der Waals surface area contributed by atoms with Gasteiger partial charge in [-0.2, -0.15) is 5.10 Å². The molecule has 0 unspecified atom stereocenters. The molecule has 5 heterocycles. The number of pyridine rings is 3. The Hall–Kier alpha value is -3.52. The quantitative estimate of drug-likeness (QED) is 0.554. The average molecular weight is 388 g/mol. The fraction of sp³-hybridized carbons (Fsp3) is 0.238. The number of hydrogen-bond acceptors (Lipinski definition) is 7. The molecular weight excluding hydrogens is 368 g/mol. The summed E-state index contributed by atoms with van der Waals surface area (Å²) in [6, 6.07) is 7.76. The molecule has 0 radical (unpaired) electrons. The van der Waals surface area contributed by atoms with E-state index in [0.717, 1.165) is 58.0 Å². The van der Waals surface area contributed by atoms with Gasteiger partial charge in [0, 0.05) is 42.6 Å². The monoisotopic (exact) mass is 388 g/mol. The summed E-state index contributed by atoms with van der Waals surface area (Å²) in [5, 5.41) is 18.4. The molecule has 2 N–H and O–H groups in total. The number of nitrogens with zero attached hydrogens (tertiary/aromatic N) is 5. The first-order valence-corrected chi connectivity index (χ1v) is 9.45. The van der Waals surface area contributed by atoms with E-state index in [4.69, 9.17) is 4.74 Å². The number of anilines is 1. The highest BCUT2D eigenvalue weighted by atomic mass is 16.5. The first-order valence-electron chi connectivity index (χ1n) is 9.45. The second kappa shape index (κ2) is 7.14. The van der Waals surface area contributed by atoms with Gasteiger partial charge in [0.05, 0.1) is 36.2 Å². The maximum absolute atomic E-state index is 9.83. The van der Waals surface area contributed by atoms with E-state index >= 15 is 0 Å². The average Bonchev–Trinajstić information content (AvgIpc) is 3.39. The number of fused-ring (bicyclic) bond motifs is 1. The Labute approximate surface area is 167 Å². The highest BCUT2D eigenvalue weighted by Gasteiger charge is 2.22. The van der Waals surface area contributed by atoms with Gasteiger partial charge in [-0.1, -0.05) is 0 Å². The lowest BCUT2D eigenvalue weighted by Crippen LogP contribution is -2.22. The number of methoxy groups -OCH3 is 1. The second-order valence-electron chi connectivity index (χ2n) is 7.05. The van der Waals surface area contributed by atoms with Crippen molar-refractivity contribution in [2.75, 3.05) is 25.1 Å². The van der Waals surface area contributed by atoms with Crippen LogP contribution in [0.15, 0.2) is 49.1 Å². The molecule has 0 aromatic carbocycles. The number of aromatic nitrogens is 5. The van der Waals surface area contributed by atoms with Crippen LogP contribution in [0.25, 0.3) is 33.4 Å². The molecule has 146 valence electrons. The van der Waals surface area contributed by atoms with E-state index in [1.807, 2.05) is 24.3 Å². The van der Waals surface area contributed by atoms with Crippen LogP contribution in [0.2, 0.25) is 0 Å². The van der Waals surface area contributed by atoms with Crippen LogP contribution in [0.5, 0.6) is 5.75 Å². The molecule has 5 rings (SSSR count). The summed E-state index contributed by atoms with van der Waals surface area (Å²) in [5.41, 5.74) is 4.22. The van der Waals surface area contributed by atoms with Crippen LogP contribution < -0.4 is 9.64 Å². The maximum Gasteiger partial charge on any atom is 0.131 e. The molecule has 0 amide bonds. The summed E-state index contributed by atoms with van der Waals surface area (Å²) in [6.07, 6.45) is 7.46. The van der Waals surface area contributed by atoms with Crippen LogP contribution in [0.4, 0.5) is 5.82 Å². The lowest BCUT2D eigenvalue weighted by atomic mass is 10.1. The van der Waals surface area contributed by atoms with E-state index in [0.29, 0.717) is 6.54 Å². The number of hydrogen-bond donors (Lipinski definition) is 2. The molecule has 1 fully saturated rings. The Kier molecular flexibility index (Phi) is 4.33. The van der Waals surface area contributed by atoms with E-state index in [1.54, 1.807) is 31.9 Å². The van der Waals surface area contributed by atoms with Crippen molar-refractivity contribution in [2.45, 2.75) is 12.5 Å². The molecule has 0 spiro atoms. The first kappa shape index (κ1) is 17.6. The van der Waals surface area contributed by atoms with Crippen molar-refractivity contribution in [3.63, 3.8) is 0 Å². The first-order chi connectivity index (χ1) is 14.2. The van der Waals surface area contributed by atoms with E-state index in [9.17, 15) is 5.11 Å². The van der Waals surface area contributed by atoms with Gasteiger partial charge < -0.3 is 14.7 Å². The van der Waals surface area contributed by atoms with Crippen molar-refractivity contribution in [3.8, 4) is 28.3 Å². The van der Waals surface area contributed by atoms with Crippen LogP contribution in [0.3, 0.4) is 0 Å². The Morgan fingerprint density at radius 2 is 2.10 bits per heavy atom. The SMILES string of the molecule is COc1ccncc1-c1cc2c(-c3ccnc(N4CC[C@H](O)C4)c3)n[nH]c2cn1. The van der Waals surface area contributed by atoms with Crippen molar-refractivity contribution in [3.05, 3.63) is 49.1 Å². The Balaban J connectivity index is 1.58. The summed E-state index contributed by atoms with van der Waals surface area (Å²) in [6.45, 7) is 1.40. The van der Waals surface area contributed by atoms with Gasteiger partial charge in [-0.05, 0) is 30.7 Å². The number of β-amino-alcohol motifs (C(OH)–C–C–N with tert-alkyl or cyclic N) is 1. The number of aliphatic hydroxyl groups is 1. The molecular formula is C21H20N6O2. The summed E-state index contributed by atoms with van der Waals surface area (Å²) in [4.78, 5) is 15.3. The number of aromatic amines is 1. The van der Waals surface area contributed by atoms with E-state index in [2.05, 4.69) is 30.0 Å². The predicted molar refractivity (Wildman–Crippen MR) is 110 cm³/mol. The highest BCUT2D eigenvalue weighted by Crippen LogP contribution is 2.33. The molecule has 1 aliphatic rings. The number of nitrogens with one attached hydrogen (secondary N) is 1. The topological polar surface area (TPSA) is 100 Å². The summed E-state index contributed by atoms with van der Waals surface area (Å²) >= 11 is 0. The molecule has 4 aromatic rings. The van der Waals surface area contributed by atoms with Crippen molar-refractivity contribution in [1.29, 1.82) is 0 Å². The maximum atomic E-state index is 9.83. The largest absolute Gasteiger partial charge is 0.496 e. The Bertz CT molecular complexity index is 1170. The number of aliphatic hydroxyl groups excluding tert-OH is 1. The van der Waals surface area contributed by atoms with E-state index in [-0.39, 0.29) is 6.10 Å². The van der Waals surface area contributed by atoms with Gasteiger partial charge in [0.1, 0.15) is 17.3 Å². The number of H-pyrrole nitrogens is 1. The minimum atomic E-state index is -0.297. The zero-order valence-electron chi connectivity index (χ0n) is 15.9. The molecule has 29 heavy (non-hydrogen) atoms. The van der Waals surface area contributed by atoms with Gasteiger partial charge in [-0.25, -0.2) is 4.98 Å². The fourth-order valence-corrected chi connectivity index (χ4v) is 3.72. The van der Waals surface area contributed by atoms with Gasteiger partial charge in [-0.3, -0.25) is 15.1 Å². The molecule has 1 saturated heterocycles. The van der Waals surface area contributed by atoms with Gasteiger partial charge in [-0.15, -0.1) is 0 Å². The lowest BCUT2D eigenvalue weighted by Gasteiger charge is -2.16. The molecule has 1 atom stereocenters. The summed E-state index contributed by atoms with van der Waals surface area (Å²) in [5.74, 6) is 1.56. The third-order valence-corrected chi connectivity index (χ3v) is 5.23. The lowest BCUT2D eigenvalue weighted by molar-refractivity contribution is 0.198. The highest BCUT2D eigenvalue weighted by molar-refractivity contribution is 5.95. The Morgan fingerprint density at radius 3 is 2.93 bits per heavy atom. The minimum Gasteiger partial charge on any atom is -0.496 e. The van der Waals surface area contributed by atoms with Crippen molar-refractivity contribution in [2.24, 2.45) is 0 Å². The zero-order chi connectivity index (χ0) is 19.8. The van der Waals surface area contributed by atoms with Crippen LogP contribution in [0.1, 0.15) is 6.42 Å². The van der Waals surface area contributed by atoms with Gasteiger partial charge in [0.15, 0.2) is 0 Å². The van der Waals surface area contributed by atoms with Crippen LogP contribution in [0, 0.1) is 0 Å². The normalized spacial score (nSPS) is 16.5. The van der Waals surface area contributed by atoms with E-state index < -0.39 is 0 Å². The van der Waals surface area contributed by atoms with Crippen LogP contribution in [-0.2, 0) is 0 Å². The number of rotatable bonds is 4. The predicted octanol–water partition coefficient (Wildman–Crippen LogP) is 2.66. The molecule has 4 aromatic heterocycles. The zero-order valence-corrected chi connectivity index (χ0v) is 15.9. The van der Waals surface area contributed by atoms with Gasteiger partial charge >= 0.3 is 0 Å². The minimum absolute atomic E-state index is 0.297. The molecule has 0 bridgehead atoms. The molecule has 1 aliphatic heterocycles. The Morgan fingerprint density at radius 1 is 1.17 bits per heavy atom. The van der Waals surface area contributed by atoms with Crippen molar-refractivity contribution >= 4 is 16.7 Å². The second-order valence-corrected chi connectivity index (χ2v) is 7.05. The van der Waals surface area contributed by atoms with Crippen LogP contribution >= 0.6 is 0 Å². The fourth-order valence-electron chi connectivity index (χ4n) is 3.72. The number of ether oxygens (including phenoxy) is 1. The van der Waals surface area contributed by atoms with Crippen molar-refractivity contribution in [1.82, 2.24) is 25.1 Å². The van der Waals surface area contributed by atoms with E-state index in [1.165, 1.54) is 0 Å². The molecule has 8 nitrogen and oxygen atoms in total. The molecule has 8 heteroatoms. The summed E-state index contributed by atoms with van der Waals surface area (Å²) in [7, 11) is 1.63. The third-order valence-electron chi connectivity index (χ3n) is 5.23. The van der Waals surface area contributed by atoms with Crippen molar-refractivity contribution < 1.29 is 9.84 Å². The standard InChI is InChI=1S/C21H20N6O2/c1-29-19-3-5-22-10-16(19)17-9-15-18(11-24-17)25-26-21(15)13-2-6-23-20(8-13)27-7-4-14(28)12-27/h2-3,5-6,8-11,14,28H,4,7,12H2,1H3,(H,25,26)/t14-/m0/s1. The molecule has 0 aliphatic carbocycles. The van der Waals surface area contributed by atoms with Gasteiger partial charge in [0.2, 0.25) is 0 Å². The van der Waals surface area contributed by atoms with Crippen LogP contribution in [-0.4, -0.2) is 56.6 Å². The summed E-state index contributed by atoms with van der Waals surface area (Å²) < 4.78 is 5.45. The van der Waals surface area contributed by atoms with Gasteiger partial charge in [0.25, 0.3) is 0 Å². The third kappa shape index (κ3) is 3.17. The molecule has 0 saturated carbocycles. The smallest absolute Gasteiger partial charge is 0.131 e.